The van der Waals surface area contributed by atoms with Gasteiger partial charge in [-0.3, -0.25) is 4.79 Å². The van der Waals surface area contributed by atoms with Gasteiger partial charge in [0.25, 0.3) is 5.91 Å². The SMILES string of the molecule is CC(N)c1nc(C(=O)NCC2(O)CCCCCC2)cs1. The maximum absolute atomic E-state index is 12.0. The maximum atomic E-state index is 12.0. The summed E-state index contributed by atoms with van der Waals surface area (Å²) >= 11 is 1.39. The third-order valence-corrected chi connectivity index (χ3v) is 4.80. The number of thiazole rings is 1. The molecule has 0 aliphatic heterocycles. The van der Waals surface area contributed by atoms with Crippen LogP contribution in [0.2, 0.25) is 0 Å². The summed E-state index contributed by atoms with van der Waals surface area (Å²) in [5.41, 5.74) is 5.36. The number of nitrogens with one attached hydrogen (secondary N) is 1. The fraction of sp³-hybridized carbons (Fsp3) is 0.714. The van der Waals surface area contributed by atoms with Crippen molar-refractivity contribution in [1.29, 1.82) is 0 Å². The lowest BCUT2D eigenvalue weighted by atomic mass is 9.94. The van der Waals surface area contributed by atoms with E-state index in [2.05, 4.69) is 10.3 Å². The minimum absolute atomic E-state index is 0.160. The lowest BCUT2D eigenvalue weighted by Gasteiger charge is -2.26. The number of amides is 1. The average molecular weight is 297 g/mol. The van der Waals surface area contributed by atoms with Crippen molar-refractivity contribution in [1.82, 2.24) is 10.3 Å². The second-order valence-corrected chi connectivity index (χ2v) is 6.57. The van der Waals surface area contributed by atoms with Crippen molar-refractivity contribution >= 4 is 17.2 Å². The topological polar surface area (TPSA) is 88.2 Å². The fourth-order valence-corrected chi connectivity index (χ4v) is 3.26. The molecule has 20 heavy (non-hydrogen) atoms. The van der Waals surface area contributed by atoms with Crippen LogP contribution in [-0.4, -0.2) is 28.1 Å². The molecule has 5 nitrogen and oxygen atoms in total. The number of carbonyl (C=O) groups excluding carboxylic acids is 1. The third-order valence-electron chi connectivity index (χ3n) is 3.76. The molecule has 4 N–H and O–H groups in total. The molecule has 0 radical (unpaired) electrons. The molecule has 0 spiro atoms. The largest absolute Gasteiger partial charge is 0.388 e. The summed E-state index contributed by atoms with van der Waals surface area (Å²) in [5, 5.41) is 15.8. The van der Waals surface area contributed by atoms with Crippen molar-refractivity contribution in [2.75, 3.05) is 6.54 Å². The maximum Gasteiger partial charge on any atom is 0.270 e. The van der Waals surface area contributed by atoms with E-state index in [4.69, 9.17) is 5.73 Å². The Kier molecular flexibility index (Phi) is 5.12. The van der Waals surface area contributed by atoms with Crippen LogP contribution in [0.25, 0.3) is 0 Å². The van der Waals surface area contributed by atoms with E-state index < -0.39 is 5.60 Å². The van der Waals surface area contributed by atoms with E-state index in [0.29, 0.717) is 12.2 Å². The van der Waals surface area contributed by atoms with E-state index in [1.54, 1.807) is 5.38 Å². The van der Waals surface area contributed by atoms with Crippen LogP contribution >= 0.6 is 11.3 Å². The Hall–Kier alpha value is -0.980. The smallest absolute Gasteiger partial charge is 0.270 e. The molecule has 1 amide bonds. The molecular formula is C14H23N3O2S. The standard InChI is InChI=1S/C14H23N3O2S/c1-10(15)13-17-11(8-20-13)12(18)16-9-14(19)6-4-2-3-5-7-14/h8,10,19H,2-7,9,15H2,1H3,(H,16,18). The van der Waals surface area contributed by atoms with Crippen molar-refractivity contribution in [3.8, 4) is 0 Å². The molecule has 1 aliphatic rings. The first kappa shape index (κ1) is 15.4. The molecule has 1 saturated carbocycles. The highest BCUT2D eigenvalue weighted by Gasteiger charge is 2.28. The summed E-state index contributed by atoms with van der Waals surface area (Å²) in [6, 6.07) is -0.160. The Balaban J connectivity index is 1.90. The minimum atomic E-state index is -0.758. The number of aliphatic hydroxyl groups is 1. The molecule has 1 aromatic heterocycles. The Morgan fingerprint density at radius 2 is 2.15 bits per heavy atom. The van der Waals surface area contributed by atoms with Crippen LogP contribution in [0.3, 0.4) is 0 Å². The average Bonchev–Trinajstić information content (AvgIpc) is 2.81. The van der Waals surface area contributed by atoms with Gasteiger partial charge >= 0.3 is 0 Å². The van der Waals surface area contributed by atoms with E-state index in [0.717, 1.165) is 30.7 Å². The molecule has 1 heterocycles. The predicted octanol–water partition coefficient (Wildman–Crippen LogP) is 1.98. The van der Waals surface area contributed by atoms with E-state index in [1.807, 2.05) is 6.92 Å². The van der Waals surface area contributed by atoms with Gasteiger partial charge in [-0.15, -0.1) is 11.3 Å². The van der Waals surface area contributed by atoms with Gasteiger partial charge in [0.15, 0.2) is 0 Å². The molecule has 1 unspecified atom stereocenters. The molecule has 1 atom stereocenters. The van der Waals surface area contributed by atoms with Crippen LogP contribution in [0.1, 0.15) is 67.0 Å². The lowest BCUT2D eigenvalue weighted by molar-refractivity contribution is 0.0246. The van der Waals surface area contributed by atoms with E-state index in [-0.39, 0.29) is 11.9 Å². The first-order valence-electron chi connectivity index (χ1n) is 7.22. The van der Waals surface area contributed by atoms with Gasteiger partial charge in [0.05, 0.1) is 11.6 Å². The molecule has 1 fully saturated rings. The van der Waals surface area contributed by atoms with Crippen LogP contribution in [0.4, 0.5) is 0 Å². The van der Waals surface area contributed by atoms with Crippen molar-refractivity contribution < 1.29 is 9.90 Å². The monoisotopic (exact) mass is 297 g/mol. The highest BCUT2D eigenvalue weighted by molar-refractivity contribution is 7.09. The molecule has 1 aliphatic carbocycles. The van der Waals surface area contributed by atoms with Gasteiger partial charge in [-0.05, 0) is 19.8 Å². The molecule has 0 bridgehead atoms. The van der Waals surface area contributed by atoms with Gasteiger partial charge in [-0.1, -0.05) is 25.7 Å². The van der Waals surface area contributed by atoms with E-state index in [9.17, 15) is 9.90 Å². The van der Waals surface area contributed by atoms with Crippen LogP contribution in [-0.2, 0) is 0 Å². The van der Waals surface area contributed by atoms with Crippen LogP contribution in [0.5, 0.6) is 0 Å². The number of nitrogens with two attached hydrogens (primary N) is 1. The van der Waals surface area contributed by atoms with E-state index in [1.165, 1.54) is 24.2 Å². The zero-order chi connectivity index (χ0) is 14.6. The molecule has 6 heteroatoms. The Labute approximate surface area is 123 Å². The number of rotatable bonds is 4. The minimum Gasteiger partial charge on any atom is -0.388 e. The number of nitrogens with zero attached hydrogens (tertiary/aromatic N) is 1. The quantitative estimate of drug-likeness (QED) is 0.741. The van der Waals surface area contributed by atoms with Crippen molar-refractivity contribution in [2.24, 2.45) is 5.73 Å². The van der Waals surface area contributed by atoms with E-state index >= 15 is 0 Å². The highest BCUT2D eigenvalue weighted by Crippen LogP contribution is 2.26. The fourth-order valence-electron chi connectivity index (χ4n) is 2.50. The summed E-state index contributed by atoms with van der Waals surface area (Å²) < 4.78 is 0. The molecule has 112 valence electrons. The zero-order valence-electron chi connectivity index (χ0n) is 11.9. The van der Waals surface area contributed by atoms with Gasteiger partial charge in [-0.25, -0.2) is 4.98 Å². The summed E-state index contributed by atoms with van der Waals surface area (Å²) in [5.74, 6) is -0.231. The van der Waals surface area contributed by atoms with Gasteiger partial charge in [0, 0.05) is 11.9 Å². The second kappa shape index (κ2) is 6.65. The molecule has 2 rings (SSSR count). The van der Waals surface area contributed by atoms with Crippen LogP contribution in [0, 0.1) is 0 Å². The first-order chi connectivity index (χ1) is 9.50. The van der Waals surface area contributed by atoms with Crippen molar-refractivity contribution in [3.63, 3.8) is 0 Å². The number of carbonyl (C=O) groups is 1. The Morgan fingerprint density at radius 1 is 1.50 bits per heavy atom. The number of hydrogen-bond donors (Lipinski definition) is 3. The van der Waals surface area contributed by atoms with Crippen LogP contribution < -0.4 is 11.1 Å². The predicted molar refractivity (Wildman–Crippen MR) is 79.7 cm³/mol. The number of hydrogen-bond acceptors (Lipinski definition) is 5. The van der Waals surface area contributed by atoms with Gasteiger partial charge in [-0.2, -0.15) is 0 Å². The van der Waals surface area contributed by atoms with Gasteiger partial charge < -0.3 is 16.2 Å². The zero-order valence-corrected chi connectivity index (χ0v) is 12.7. The second-order valence-electron chi connectivity index (χ2n) is 5.68. The van der Waals surface area contributed by atoms with Crippen LogP contribution in [0.15, 0.2) is 5.38 Å². The molecule has 1 aromatic rings. The Bertz CT molecular complexity index is 451. The van der Waals surface area contributed by atoms with Crippen molar-refractivity contribution in [3.05, 3.63) is 16.1 Å². The van der Waals surface area contributed by atoms with Gasteiger partial charge in [0.1, 0.15) is 10.7 Å². The third kappa shape index (κ3) is 4.01. The summed E-state index contributed by atoms with van der Waals surface area (Å²) in [6.07, 6.45) is 5.90. The lowest BCUT2D eigenvalue weighted by Crippen LogP contribution is -2.42. The summed E-state index contributed by atoms with van der Waals surface area (Å²) in [6.45, 7) is 2.14. The van der Waals surface area contributed by atoms with Gasteiger partial charge in [0.2, 0.25) is 0 Å². The summed E-state index contributed by atoms with van der Waals surface area (Å²) in [4.78, 5) is 16.2. The summed E-state index contributed by atoms with van der Waals surface area (Å²) in [7, 11) is 0. The highest BCUT2D eigenvalue weighted by atomic mass is 32.1. The Morgan fingerprint density at radius 3 is 2.70 bits per heavy atom. The number of aromatic nitrogens is 1. The van der Waals surface area contributed by atoms with Crippen molar-refractivity contribution in [2.45, 2.75) is 57.1 Å². The molecular weight excluding hydrogens is 274 g/mol. The molecule has 0 saturated heterocycles. The first-order valence-corrected chi connectivity index (χ1v) is 8.10. The normalized spacial score (nSPS) is 20.1. The molecule has 0 aromatic carbocycles.